The third kappa shape index (κ3) is 3.38. The predicted molar refractivity (Wildman–Crippen MR) is 96.6 cm³/mol. The quantitative estimate of drug-likeness (QED) is 0.857. The van der Waals surface area contributed by atoms with Crippen LogP contribution >= 0.6 is 12.2 Å². The van der Waals surface area contributed by atoms with E-state index in [0.29, 0.717) is 10.2 Å². The molecule has 23 heavy (non-hydrogen) atoms. The van der Waals surface area contributed by atoms with Gasteiger partial charge in [-0.2, -0.15) is 5.26 Å². The average molecular weight is 324 g/mol. The maximum Gasteiger partial charge on any atom is 0.123 e. The number of hydrogen-bond donors (Lipinski definition) is 1. The van der Waals surface area contributed by atoms with E-state index in [9.17, 15) is 5.26 Å². The van der Waals surface area contributed by atoms with Crippen molar-refractivity contribution < 1.29 is 0 Å². The summed E-state index contributed by atoms with van der Waals surface area (Å²) in [5, 5.41) is 9.45. The lowest BCUT2D eigenvalue weighted by molar-refractivity contribution is 0.804. The Labute approximate surface area is 142 Å². The van der Waals surface area contributed by atoms with Crippen LogP contribution in [0.25, 0.3) is 0 Å². The van der Waals surface area contributed by atoms with Crippen LogP contribution in [0.4, 0.5) is 11.4 Å². The van der Waals surface area contributed by atoms with E-state index in [2.05, 4.69) is 45.1 Å². The van der Waals surface area contributed by atoms with E-state index >= 15 is 0 Å². The number of rotatable bonds is 2. The first-order chi connectivity index (χ1) is 11.2. The predicted octanol–water partition coefficient (Wildman–Crippen LogP) is 3.64. The van der Waals surface area contributed by atoms with Crippen molar-refractivity contribution in [3.63, 3.8) is 0 Å². The number of para-hydroxylation sites is 1. The molecule has 0 saturated carbocycles. The van der Waals surface area contributed by atoms with Crippen LogP contribution in [0, 0.1) is 22.9 Å². The molecular weight excluding hydrogens is 304 g/mol. The number of H-pyrrole nitrogens is 1. The van der Waals surface area contributed by atoms with Crippen LogP contribution in [0.1, 0.15) is 17.7 Å². The number of anilines is 2. The fourth-order valence-electron chi connectivity index (χ4n) is 3.08. The number of aromatic nitrogens is 1. The van der Waals surface area contributed by atoms with Crippen molar-refractivity contribution in [3.8, 4) is 6.07 Å². The van der Waals surface area contributed by atoms with Crippen LogP contribution in [-0.4, -0.2) is 31.2 Å². The summed E-state index contributed by atoms with van der Waals surface area (Å²) in [6.45, 7) is 5.78. The Morgan fingerprint density at radius 1 is 1.09 bits per heavy atom. The van der Waals surface area contributed by atoms with Gasteiger partial charge >= 0.3 is 0 Å². The first-order valence-corrected chi connectivity index (χ1v) is 8.29. The number of nitrogens with zero attached hydrogens (tertiary/aromatic N) is 3. The van der Waals surface area contributed by atoms with Crippen molar-refractivity contribution in [1.29, 1.82) is 5.26 Å². The van der Waals surface area contributed by atoms with Crippen molar-refractivity contribution in [2.45, 2.75) is 13.3 Å². The molecule has 3 rings (SSSR count). The molecule has 118 valence electrons. The molecule has 1 aromatic carbocycles. The minimum Gasteiger partial charge on any atom is -0.370 e. The maximum atomic E-state index is 9.45. The monoisotopic (exact) mass is 324 g/mol. The van der Waals surface area contributed by atoms with Gasteiger partial charge in [0, 0.05) is 37.6 Å². The van der Waals surface area contributed by atoms with Crippen molar-refractivity contribution in [1.82, 2.24) is 4.98 Å². The molecule has 0 amide bonds. The molecule has 0 bridgehead atoms. The number of benzene rings is 1. The highest BCUT2D eigenvalue weighted by molar-refractivity contribution is 7.71. The Morgan fingerprint density at radius 2 is 1.78 bits per heavy atom. The van der Waals surface area contributed by atoms with Crippen LogP contribution in [0.3, 0.4) is 0 Å². The van der Waals surface area contributed by atoms with Gasteiger partial charge in [-0.1, -0.05) is 30.4 Å². The molecule has 1 saturated heterocycles. The lowest BCUT2D eigenvalue weighted by Crippen LogP contribution is -2.31. The summed E-state index contributed by atoms with van der Waals surface area (Å²) in [6.07, 6.45) is 1.06. The Hall–Kier alpha value is -2.32. The summed E-state index contributed by atoms with van der Waals surface area (Å²) in [7, 11) is 0. The van der Waals surface area contributed by atoms with Gasteiger partial charge in [0.05, 0.1) is 5.69 Å². The topological polar surface area (TPSA) is 46.1 Å². The van der Waals surface area contributed by atoms with Crippen LogP contribution in [0.2, 0.25) is 0 Å². The van der Waals surface area contributed by atoms with Crippen molar-refractivity contribution in [3.05, 3.63) is 52.3 Å². The zero-order valence-electron chi connectivity index (χ0n) is 13.2. The molecule has 1 fully saturated rings. The minimum atomic E-state index is 0.534. The van der Waals surface area contributed by atoms with Gasteiger partial charge in [-0.05, 0) is 31.5 Å². The van der Waals surface area contributed by atoms with Gasteiger partial charge in [-0.25, -0.2) is 0 Å². The zero-order valence-corrected chi connectivity index (χ0v) is 14.1. The number of aromatic amines is 1. The lowest BCUT2D eigenvalue weighted by Gasteiger charge is -2.25. The standard InChI is InChI=1S/C18H20N4S/c1-14-12-17(16(13-19)18(23)20-14)22-9-5-8-21(10-11-22)15-6-3-2-4-7-15/h2-4,6-7,12H,5,8-11H2,1H3,(H,20,23). The molecule has 1 N–H and O–H groups in total. The molecule has 1 aliphatic rings. The molecule has 0 spiro atoms. The number of nitrogens with one attached hydrogen (secondary N) is 1. The Morgan fingerprint density at radius 3 is 2.52 bits per heavy atom. The van der Waals surface area contributed by atoms with Gasteiger partial charge in [0.2, 0.25) is 0 Å². The fourth-order valence-corrected chi connectivity index (χ4v) is 3.40. The highest BCUT2D eigenvalue weighted by Gasteiger charge is 2.18. The third-order valence-corrected chi connectivity index (χ3v) is 4.52. The van der Waals surface area contributed by atoms with Gasteiger partial charge in [-0.3, -0.25) is 0 Å². The Bertz CT molecular complexity index is 776. The Balaban J connectivity index is 1.84. The van der Waals surface area contributed by atoms with E-state index in [4.69, 9.17) is 12.2 Å². The normalized spacial score (nSPS) is 15.1. The minimum absolute atomic E-state index is 0.534. The van der Waals surface area contributed by atoms with Gasteiger partial charge in [0.1, 0.15) is 16.3 Å². The smallest absolute Gasteiger partial charge is 0.123 e. The van der Waals surface area contributed by atoms with Gasteiger partial charge < -0.3 is 14.8 Å². The molecule has 0 atom stereocenters. The molecule has 0 unspecified atom stereocenters. The van der Waals surface area contributed by atoms with E-state index in [1.54, 1.807) is 0 Å². The maximum absolute atomic E-state index is 9.45. The van der Waals surface area contributed by atoms with E-state index in [-0.39, 0.29) is 0 Å². The molecule has 5 heteroatoms. The number of nitriles is 1. The second-order valence-corrected chi connectivity index (χ2v) is 6.22. The SMILES string of the molecule is Cc1cc(N2CCCN(c3ccccc3)CC2)c(C#N)c(=S)[nH]1. The van der Waals surface area contributed by atoms with Gasteiger partial charge in [-0.15, -0.1) is 0 Å². The fraction of sp³-hybridized carbons (Fsp3) is 0.333. The molecule has 2 heterocycles. The summed E-state index contributed by atoms with van der Waals surface area (Å²) in [5.41, 5.74) is 3.80. The second kappa shape index (κ2) is 6.84. The zero-order chi connectivity index (χ0) is 16.2. The number of pyridine rings is 1. The molecule has 1 aromatic heterocycles. The average Bonchev–Trinajstić information content (AvgIpc) is 2.81. The molecule has 0 radical (unpaired) electrons. The van der Waals surface area contributed by atoms with Crippen LogP contribution < -0.4 is 9.80 Å². The van der Waals surface area contributed by atoms with Crippen LogP contribution in [-0.2, 0) is 0 Å². The van der Waals surface area contributed by atoms with Crippen molar-refractivity contribution in [2.75, 3.05) is 36.0 Å². The third-order valence-electron chi connectivity index (χ3n) is 4.22. The van der Waals surface area contributed by atoms with Gasteiger partial charge in [0.25, 0.3) is 0 Å². The second-order valence-electron chi connectivity index (χ2n) is 5.82. The summed E-state index contributed by atoms with van der Waals surface area (Å²) < 4.78 is 0.534. The Kier molecular flexibility index (Phi) is 4.63. The highest BCUT2D eigenvalue weighted by Crippen LogP contribution is 2.24. The summed E-state index contributed by atoms with van der Waals surface area (Å²) in [6, 6.07) is 14.8. The van der Waals surface area contributed by atoms with E-state index in [0.717, 1.165) is 44.0 Å². The highest BCUT2D eigenvalue weighted by atomic mass is 32.1. The molecule has 1 aliphatic heterocycles. The van der Waals surface area contributed by atoms with E-state index in [1.807, 2.05) is 19.1 Å². The van der Waals surface area contributed by atoms with E-state index < -0.39 is 0 Å². The summed E-state index contributed by atoms with van der Waals surface area (Å²) in [5.74, 6) is 0. The summed E-state index contributed by atoms with van der Waals surface area (Å²) >= 11 is 5.31. The molecule has 0 aliphatic carbocycles. The number of hydrogen-bond acceptors (Lipinski definition) is 4. The largest absolute Gasteiger partial charge is 0.370 e. The first kappa shape index (κ1) is 15.6. The van der Waals surface area contributed by atoms with E-state index in [1.165, 1.54) is 5.69 Å². The molecule has 2 aromatic rings. The first-order valence-electron chi connectivity index (χ1n) is 7.88. The molecule has 4 nitrogen and oxygen atoms in total. The molecular formula is C18H20N4S. The van der Waals surface area contributed by atoms with Crippen molar-refractivity contribution >= 4 is 23.6 Å². The number of aryl methyl sites for hydroxylation is 1. The van der Waals surface area contributed by atoms with Crippen LogP contribution in [0.15, 0.2) is 36.4 Å². The summed E-state index contributed by atoms with van der Waals surface area (Å²) in [4.78, 5) is 7.77. The van der Waals surface area contributed by atoms with Crippen LogP contribution in [0.5, 0.6) is 0 Å². The lowest BCUT2D eigenvalue weighted by atomic mass is 10.2. The van der Waals surface area contributed by atoms with Gasteiger partial charge in [0.15, 0.2) is 0 Å². The van der Waals surface area contributed by atoms with Crippen molar-refractivity contribution in [2.24, 2.45) is 0 Å².